The Morgan fingerprint density at radius 3 is 2.59 bits per heavy atom. The van der Waals surface area contributed by atoms with E-state index in [4.69, 9.17) is 0 Å². The summed E-state index contributed by atoms with van der Waals surface area (Å²) in [6.07, 6.45) is 8.45. The molecule has 0 saturated carbocycles. The zero-order valence-corrected chi connectivity index (χ0v) is 16.9. The summed E-state index contributed by atoms with van der Waals surface area (Å²) in [6, 6.07) is 12.2. The zero-order chi connectivity index (χ0) is 20.5. The van der Waals surface area contributed by atoms with Gasteiger partial charge in [-0.3, -0.25) is 13.6 Å². The minimum absolute atomic E-state index is 0.122. The molecule has 0 amide bonds. The predicted octanol–water partition coefficient (Wildman–Crippen LogP) is 4.82. The number of carbonyl (C=O) groups is 1. The number of nitrogens with zero attached hydrogens (tertiary/aromatic N) is 2. The first-order valence-electron chi connectivity index (χ1n) is 9.11. The van der Waals surface area contributed by atoms with E-state index in [0.29, 0.717) is 0 Å². The van der Waals surface area contributed by atoms with Crippen LogP contribution in [0.2, 0.25) is 0 Å². The third-order valence-electron chi connectivity index (χ3n) is 5.10. The largest absolute Gasteiger partial charge is 0.276 e. The van der Waals surface area contributed by atoms with Gasteiger partial charge in [0.2, 0.25) is 5.91 Å². The van der Waals surface area contributed by atoms with Gasteiger partial charge in [0.1, 0.15) is 12.1 Å². The minimum Gasteiger partial charge on any atom is -0.276 e. The number of rotatable bonds is 4. The molecule has 1 heterocycles. The van der Waals surface area contributed by atoms with Crippen LogP contribution in [0.3, 0.4) is 0 Å². The number of carbonyl (C=O) groups excluding carboxylic acids is 1. The topological polar surface area (TPSA) is 52.0 Å². The summed E-state index contributed by atoms with van der Waals surface area (Å²) in [7, 11) is -1.03. The van der Waals surface area contributed by atoms with Crippen LogP contribution in [0.25, 0.3) is 17.2 Å². The average Bonchev–Trinajstić information content (AvgIpc) is 3.32. The normalized spacial score (nSPS) is 15.6. The molecule has 29 heavy (non-hydrogen) atoms. The molecule has 1 aromatic heterocycles. The van der Waals surface area contributed by atoms with Gasteiger partial charge in [-0.05, 0) is 70.7 Å². The lowest BCUT2D eigenvalue weighted by molar-refractivity contribution is 0.0919. The Hall–Kier alpha value is -3.12. The van der Waals surface area contributed by atoms with Crippen molar-refractivity contribution >= 4 is 33.9 Å². The van der Waals surface area contributed by atoms with E-state index in [-0.39, 0.29) is 18.1 Å². The number of halogens is 1. The minimum atomic E-state index is -1.03. The van der Waals surface area contributed by atoms with Crippen LogP contribution < -0.4 is 0 Å². The highest BCUT2D eigenvalue weighted by atomic mass is 32.2. The summed E-state index contributed by atoms with van der Waals surface area (Å²) in [5.41, 5.74) is 5.32. The van der Waals surface area contributed by atoms with Crippen molar-refractivity contribution in [3.63, 3.8) is 0 Å². The lowest BCUT2D eigenvalue weighted by atomic mass is 10.0. The molecule has 6 heteroatoms. The Kier molecular flexibility index (Phi) is 5.11. The molecule has 4 rings (SSSR count). The number of hydrogen-bond donors (Lipinski definition) is 0. The maximum atomic E-state index is 14.0. The Morgan fingerprint density at radius 1 is 1.17 bits per heavy atom. The molecule has 0 spiro atoms. The summed E-state index contributed by atoms with van der Waals surface area (Å²) in [4.78, 5) is 17.3. The third kappa shape index (κ3) is 3.76. The quantitative estimate of drug-likeness (QED) is 0.624. The fourth-order valence-electron chi connectivity index (χ4n) is 3.55. The lowest BCUT2D eigenvalue weighted by Gasteiger charge is -2.06. The first-order chi connectivity index (χ1) is 13.9. The molecule has 1 atom stereocenters. The maximum Gasteiger partial charge on any atom is 0.236 e. The lowest BCUT2D eigenvalue weighted by Crippen LogP contribution is -2.08. The highest BCUT2D eigenvalue weighted by Gasteiger charge is 2.26. The fraction of sp³-hybridized carbons (Fsp3) is 0.130. The third-order valence-corrected chi connectivity index (χ3v) is 6.03. The fourth-order valence-corrected chi connectivity index (χ4v) is 4.07. The molecule has 0 fully saturated rings. The summed E-state index contributed by atoms with van der Waals surface area (Å²) >= 11 is 0. The Morgan fingerprint density at radius 2 is 1.93 bits per heavy atom. The molecule has 1 aliphatic rings. The van der Waals surface area contributed by atoms with Crippen LogP contribution in [0.1, 0.15) is 34.8 Å². The second kappa shape index (κ2) is 7.72. The number of fused-ring (bicyclic) bond motifs is 1. The average molecular weight is 406 g/mol. The second-order valence-corrected chi connectivity index (χ2v) is 8.29. The van der Waals surface area contributed by atoms with Gasteiger partial charge in [0.25, 0.3) is 0 Å². The Bertz CT molecular complexity index is 1180. The summed E-state index contributed by atoms with van der Waals surface area (Å²) < 4.78 is 27.0. The molecular formula is C23H19FN2O2S. The van der Waals surface area contributed by atoms with Crippen LogP contribution in [0.5, 0.6) is 0 Å². The van der Waals surface area contributed by atoms with Gasteiger partial charge in [0, 0.05) is 34.3 Å². The van der Waals surface area contributed by atoms with Gasteiger partial charge in [-0.15, -0.1) is 0 Å². The van der Waals surface area contributed by atoms with E-state index in [9.17, 15) is 13.4 Å². The van der Waals surface area contributed by atoms with Crippen LogP contribution in [-0.2, 0) is 10.8 Å². The van der Waals surface area contributed by atoms with E-state index in [1.165, 1.54) is 23.0 Å². The van der Waals surface area contributed by atoms with Gasteiger partial charge < -0.3 is 0 Å². The standard InChI is InChI=1S/C23H19FN2O2S/c1-15-20(11-16-3-6-18(7-4-16)29(2)28)19-8-5-17(24)12-22(19)21(15)13-23(27)26-10-9-25-14-26/h3-12,14H,13H2,1-2H3/b20-11-. The summed E-state index contributed by atoms with van der Waals surface area (Å²) in [6.45, 7) is 1.95. The van der Waals surface area contributed by atoms with Crippen molar-refractivity contribution in [2.24, 2.45) is 0 Å². The van der Waals surface area contributed by atoms with Gasteiger partial charge in [-0.1, -0.05) is 18.2 Å². The van der Waals surface area contributed by atoms with Crippen LogP contribution in [0.15, 0.2) is 71.7 Å². The van der Waals surface area contributed by atoms with Crippen molar-refractivity contribution < 1.29 is 13.4 Å². The van der Waals surface area contributed by atoms with Gasteiger partial charge in [-0.25, -0.2) is 9.37 Å². The molecule has 4 nitrogen and oxygen atoms in total. The molecule has 0 radical (unpaired) electrons. The Labute approximate surface area is 170 Å². The van der Waals surface area contributed by atoms with Gasteiger partial charge >= 0.3 is 0 Å². The molecular weight excluding hydrogens is 387 g/mol. The molecule has 0 saturated heterocycles. The van der Waals surface area contributed by atoms with Crippen molar-refractivity contribution in [1.82, 2.24) is 9.55 Å². The Balaban J connectivity index is 1.76. The smallest absolute Gasteiger partial charge is 0.236 e. The number of allylic oxidation sites excluding steroid dienone is 3. The van der Waals surface area contributed by atoms with Crippen LogP contribution in [-0.4, -0.2) is 25.9 Å². The van der Waals surface area contributed by atoms with E-state index in [1.54, 1.807) is 24.7 Å². The SMILES string of the molecule is CC1=C(CC(=O)n2ccnc2)c2cc(F)ccc2/C1=C\c1ccc(S(C)=O)cc1. The first-order valence-corrected chi connectivity index (χ1v) is 10.7. The van der Waals surface area contributed by atoms with Gasteiger partial charge in [0.15, 0.2) is 0 Å². The monoisotopic (exact) mass is 406 g/mol. The second-order valence-electron chi connectivity index (χ2n) is 6.92. The highest BCUT2D eigenvalue weighted by molar-refractivity contribution is 7.84. The maximum absolute atomic E-state index is 14.0. The summed E-state index contributed by atoms with van der Waals surface area (Å²) in [5.74, 6) is -0.455. The van der Waals surface area contributed by atoms with Crippen molar-refractivity contribution in [2.45, 2.75) is 18.2 Å². The number of hydrogen-bond acceptors (Lipinski definition) is 3. The van der Waals surface area contributed by atoms with Gasteiger partial charge in [-0.2, -0.15) is 0 Å². The summed E-state index contributed by atoms with van der Waals surface area (Å²) in [5, 5.41) is 0. The predicted molar refractivity (Wildman–Crippen MR) is 113 cm³/mol. The first kappa shape index (κ1) is 19.2. The van der Waals surface area contributed by atoms with E-state index in [1.807, 2.05) is 37.3 Å². The van der Waals surface area contributed by atoms with E-state index >= 15 is 0 Å². The zero-order valence-electron chi connectivity index (χ0n) is 16.1. The molecule has 1 aliphatic carbocycles. The number of benzene rings is 2. The highest BCUT2D eigenvalue weighted by Crippen LogP contribution is 2.44. The van der Waals surface area contributed by atoms with E-state index in [2.05, 4.69) is 4.98 Å². The van der Waals surface area contributed by atoms with Crippen molar-refractivity contribution in [3.05, 3.63) is 89.3 Å². The molecule has 1 unspecified atom stereocenters. The van der Waals surface area contributed by atoms with Crippen molar-refractivity contribution in [3.8, 4) is 0 Å². The van der Waals surface area contributed by atoms with Crippen LogP contribution >= 0.6 is 0 Å². The molecule has 146 valence electrons. The number of imidazole rings is 1. The molecule has 2 aromatic carbocycles. The molecule has 3 aromatic rings. The number of aromatic nitrogens is 2. The van der Waals surface area contributed by atoms with E-state index in [0.717, 1.165) is 38.3 Å². The van der Waals surface area contributed by atoms with Crippen LogP contribution in [0.4, 0.5) is 4.39 Å². The molecule has 0 N–H and O–H groups in total. The molecule has 0 aliphatic heterocycles. The van der Waals surface area contributed by atoms with E-state index < -0.39 is 10.8 Å². The van der Waals surface area contributed by atoms with Crippen molar-refractivity contribution in [1.29, 1.82) is 0 Å². The van der Waals surface area contributed by atoms with Crippen molar-refractivity contribution in [2.75, 3.05) is 6.26 Å². The van der Waals surface area contributed by atoms with Crippen LogP contribution in [0, 0.1) is 5.82 Å². The van der Waals surface area contributed by atoms with Gasteiger partial charge in [0.05, 0.1) is 6.42 Å². The molecule has 0 bridgehead atoms.